The van der Waals surface area contributed by atoms with Gasteiger partial charge in [-0.2, -0.15) is 4.31 Å². The fourth-order valence-corrected chi connectivity index (χ4v) is 5.38. The molecule has 1 N–H and O–H groups in total. The van der Waals surface area contributed by atoms with Crippen LogP contribution in [-0.4, -0.2) is 55.2 Å². The molecule has 10 heteroatoms. The molecule has 0 aromatic heterocycles. The molecule has 1 atom stereocenters. The standard InChI is InChI=1S/C19H17Cl2N3O4S/c20-16-6-3-13(9-17(16)21)12-1-4-15(5-2-12)29(27,28)23-8-7-14(11-23)24-18(25)10-22-19(24)26/h1-6,9,14H,7-8,10-11H2,(H,22,26). The zero-order chi connectivity index (χ0) is 20.8. The van der Waals surface area contributed by atoms with Crippen LogP contribution >= 0.6 is 23.2 Å². The molecule has 4 rings (SSSR count). The summed E-state index contributed by atoms with van der Waals surface area (Å²) >= 11 is 12.0. The van der Waals surface area contributed by atoms with Crippen molar-refractivity contribution in [2.45, 2.75) is 17.4 Å². The van der Waals surface area contributed by atoms with Gasteiger partial charge in [0.15, 0.2) is 0 Å². The van der Waals surface area contributed by atoms with Crippen molar-refractivity contribution < 1.29 is 18.0 Å². The molecule has 2 fully saturated rings. The van der Waals surface area contributed by atoms with Crippen molar-refractivity contribution in [1.29, 1.82) is 0 Å². The second-order valence-electron chi connectivity index (χ2n) is 6.88. The molecule has 2 aliphatic heterocycles. The highest BCUT2D eigenvalue weighted by Gasteiger charge is 2.41. The van der Waals surface area contributed by atoms with E-state index in [0.29, 0.717) is 16.5 Å². The Morgan fingerprint density at radius 1 is 0.966 bits per heavy atom. The lowest BCUT2D eigenvalue weighted by atomic mass is 10.1. The number of rotatable bonds is 4. The lowest BCUT2D eigenvalue weighted by Crippen LogP contribution is -2.42. The van der Waals surface area contributed by atoms with Crippen LogP contribution in [0.25, 0.3) is 11.1 Å². The summed E-state index contributed by atoms with van der Waals surface area (Å²) in [6.45, 7) is 0.299. The van der Waals surface area contributed by atoms with Gasteiger partial charge in [-0.25, -0.2) is 13.2 Å². The first-order valence-corrected chi connectivity index (χ1v) is 11.1. The molecule has 2 heterocycles. The molecule has 0 radical (unpaired) electrons. The van der Waals surface area contributed by atoms with Crippen LogP contribution in [0.2, 0.25) is 10.0 Å². The Hall–Kier alpha value is -2.13. The summed E-state index contributed by atoms with van der Waals surface area (Å²) < 4.78 is 27.3. The number of sulfonamides is 1. The number of imide groups is 1. The Morgan fingerprint density at radius 2 is 1.66 bits per heavy atom. The van der Waals surface area contributed by atoms with Crippen LogP contribution in [0, 0.1) is 0 Å². The molecule has 152 valence electrons. The number of carbonyl (C=O) groups is 2. The maximum atomic E-state index is 13.0. The van der Waals surface area contributed by atoms with Crippen molar-refractivity contribution in [2.24, 2.45) is 0 Å². The minimum atomic E-state index is -3.73. The van der Waals surface area contributed by atoms with E-state index in [9.17, 15) is 18.0 Å². The first-order valence-electron chi connectivity index (χ1n) is 8.93. The quantitative estimate of drug-likeness (QED) is 0.720. The number of carbonyl (C=O) groups excluding carboxylic acids is 2. The number of amides is 3. The average Bonchev–Trinajstić information content (AvgIpc) is 3.31. The predicted octanol–water partition coefficient (Wildman–Crippen LogP) is 2.98. The number of nitrogens with one attached hydrogen (secondary N) is 1. The molecule has 2 aliphatic rings. The molecular weight excluding hydrogens is 437 g/mol. The van der Waals surface area contributed by atoms with Crippen LogP contribution < -0.4 is 5.32 Å². The van der Waals surface area contributed by atoms with Crippen molar-refractivity contribution in [3.63, 3.8) is 0 Å². The van der Waals surface area contributed by atoms with E-state index in [4.69, 9.17) is 23.2 Å². The third kappa shape index (κ3) is 3.73. The molecule has 2 aromatic carbocycles. The summed E-state index contributed by atoms with van der Waals surface area (Å²) in [5.41, 5.74) is 1.63. The predicted molar refractivity (Wildman–Crippen MR) is 109 cm³/mol. The van der Waals surface area contributed by atoms with Gasteiger partial charge in [0.25, 0.3) is 0 Å². The number of nitrogens with zero attached hydrogens (tertiary/aromatic N) is 2. The zero-order valence-corrected chi connectivity index (χ0v) is 17.5. The number of hydrogen-bond acceptors (Lipinski definition) is 4. The summed E-state index contributed by atoms with van der Waals surface area (Å²) in [6, 6.07) is 10.8. The largest absolute Gasteiger partial charge is 0.329 e. The van der Waals surface area contributed by atoms with E-state index in [1.165, 1.54) is 16.4 Å². The smallest absolute Gasteiger partial charge is 0.324 e. The first kappa shape index (κ1) is 20.2. The summed E-state index contributed by atoms with van der Waals surface area (Å²) in [5.74, 6) is -0.328. The van der Waals surface area contributed by atoms with Crippen LogP contribution in [0.4, 0.5) is 4.79 Å². The van der Waals surface area contributed by atoms with Gasteiger partial charge in [-0.1, -0.05) is 41.4 Å². The van der Waals surface area contributed by atoms with Gasteiger partial charge in [-0.05, 0) is 41.8 Å². The molecule has 1 unspecified atom stereocenters. The highest BCUT2D eigenvalue weighted by atomic mass is 35.5. The van der Waals surface area contributed by atoms with Crippen LogP contribution in [0.1, 0.15) is 6.42 Å². The van der Waals surface area contributed by atoms with Crippen LogP contribution in [0.5, 0.6) is 0 Å². The van der Waals surface area contributed by atoms with E-state index in [1.807, 2.05) is 0 Å². The molecular formula is C19H17Cl2N3O4S. The van der Waals surface area contributed by atoms with Crippen LogP contribution in [0.15, 0.2) is 47.4 Å². The average molecular weight is 454 g/mol. The molecule has 2 aromatic rings. The van der Waals surface area contributed by atoms with Gasteiger partial charge in [0.2, 0.25) is 15.9 Å². The topological polar surface area (TPSA) is 86.8 Å². The highest BCUT2D eigenvalue weighted by Crippen LogP contribution is 2.30. The highest BCUT2D eigenvalue weighted by molar-refractivity contribution is 7.89. The molecule has 0 spiro atoms. The van der Waals surface area contributed by atoms with Crippen molar-refractivity contribution in [3.05, 3.63) is 52.5 Å². The third-order valence-corrected chi connectivity index (χ3v) is 7.73. The van der Waals surface area contributed by atoms with Gasteiger partial charge in [0.1, 0.15) is 0 Å². The summed E-state index contributed by atoms with van der Waals surface area (Å²) in [4.78, 5) is 25.0. The van der Waals surface area contributed by atoms with E-state index < -0.39 is 22.1 Å². The minimum absolute atomic E-state index is 0.0434. The summed E-state index contributed by atoms with van der Waals surface area (Å²) in [7, 11) is -3.73. The normalized spacial score (nSPS) is 20.3. The SMILES string of the molecule is O=C1CNC(=O)N1C1CCN(S(=O)(=O)c2ccc(-c3ccc(Cl)c(Cl)c3)cc2)C1. The van der Waals surface area contributed by atoms with E-state index in [0.717, 1.165) is 16.0 Å². The number of urea groups is 1. The molecule has 0 aliphatic carbocycles. The number of halogens is 2. The van der Waals surface area contributed by atoms with Crippen molar-refractivity contribution >= 4 is 45.2 Å². The molecule has 29 heavy (non-hydrogen) atoms. The Kier molecular flexibility index (Phi) is 5.29. The Morgan fingerprint density at radius 3 is 2.28 bits per heavy atom. The van der Waals surface area contributed by atoms with Crippen LogP contribution in [-0.2, 0) is 14.8 Å². The zero-order valence-electron chi connectivity index (χ0n) is 15.1. The number of hydrogen-bond donors (Lipinski definition) is 1. The van der Waals surface area contributed by atoms with Gasteiger partial charge >= 0.3 is 6.03 Å². The Bertz CT molecular complexity index is 1070. The van der Waals surface area contributed by atoms with Gasteiger partial charge in [0, 0.05) is 13.1 Å². The Labute approximate surface area is 178 Å². The van der Waals surface area contributed by atoms with Gasteiger partial charge in [-0.15, -0.1) is 0 Å². The molecule has 7 nitrogen and oxygen atoms in total. The minimum Gasteiger partial charge on any atom is -0.329 e. The third-order valence-electron chi connectivity index (χ3n) is 5.11. The van der Waals surface area contributed by atoms with Gasteiger partial charge in [-0.3, -0.25) is 9.69 Å². The van der Waals surface area contributed by atoms with Crippen molar-refractivity contribution in [2.75, 3.05) is 19.6 Å². The number of benzene rings is 2. The second-order valence-corrected chi connectivity index (χ2v) is 9.63. The molecule has 3 amide bonds. The fraction of sp³-hybridized carbons (Fsp3) is 0.263. The second kappa shape index (κ2) is 7.60. The van der Waals surface area contributed by atoms with E-state index in [2.05, 4.69) is 5.32 Å². The monoisotopic (exact) mass is 453 g/mol. The van der Waals surface area contributed by atoms with E-state index in [1.54, 1.807) is 30.3 Å². The van der Waals surface area contributed by atoms with Gasteiger partial charge in [0.05, 0.1) is 27.5 Å². The van der Waals surface area contributed by atoms with Crippen molar-refractivity contribution in [3.8, 4) is 11.1 Å². The lowest BCUT2D eigenvalue weighted by Gasteiger charge is -2.21. The van der Waals surface area contributed by atoms with Crippen LogP contribution in [0.3, 0.4) is 0 Å². The molecule has 2 saturated heterocycles. The molecule has 0 saturated carbocycles. The maximum absolute atomic E-state index is 13.0. The fourth-order valence-electron chi connectivity index (χ4n) is 3.59. The van der Waals surface area contributed by atoms with Gasteiger partial charge < -0.3 is 5.32 Å². The van der Waals surface area contributed by atoms with Crippen molar-refractivity contribution in [1.82, 2.24) is 14.5 Å². The lowest BCUT2D eigenvalue weighted by molar-refractivity contribution is -0.126. The van der Waals surface area contributed by atoms with E-state index >= 15 is 0 Å². The summed E-state index contributed by atoms with van der Waals surface area (Å²) in [6.07, 6.45) is 0.416. The summed E-state index contributed by atoms with van der Waals surface area (Å²) in [5, 5.41) is 3.33. The Balaban J connectivity index is 1.52. The maximum Gasteiger partial charge on any atom is 0.324 e. The molecule has 0 bridgehead atoms. The van der Waals surface area contributed by atoms with E-state index in [-0.39, 0.29) is 30.4 Å². The first-order chi connectivity index (χ1) is 13.8.